The van der Waals surface area contributed by atoms with E-state index in [9.17, 15) is 9.59 Å². The van der Waals surface area contributed by atoms with E-state index >= 15 is 0 Å². The largest absolute Gasteiger partial charge is 0.481 e. The molecule has 0 aromatic rings. The van der Waals surface area contributed by atoms with Crippen LogP contribution in [0.4, 0.5) is 0 Å². The molecule has 0 radical (unpaired) electrons. The third kappa shape index (κ3) is 1.90. The average molecular weight is 184 g/mol. The van der Waals surface area contributed by atoms with Crippen molar-refractivity contribution < 1.29 is 14.7 Å². The van der Waals surface area contributed by atoms with Gasteiger partial charge in [0, 0.05) is 5.92 Å². The number of hydrogen-bond donors (Lipinski definition) is 1. The van der Waals surface area contributed by atoms with Crippen LogP contribution in [0.5, 0.6) is 0 Å². The molecule has 74 valence electrons. The fourth-order valence-electron chi connectivity index (χ4n) is 2.35. The molecule has 0 amide bonds. The van der Waals surface area contributed by atoms with Crippen LogP contribution >= 0.6 is 0 Å². The summed E-state index contributed by atoms with van der Waals surface area (Å²) in [5.41, 5.74) is 0. The maximum absolute atomic E-state index is 10.9. The van der Waals surface area contributed by atoms with Crippen LogP contribution in [-0.4, -0.2) is 17.4 Å². The maximum atomic E-state index is 10.9. The highest BCUT2D eigenvalue weighted by Gasteiger charge is 2.40. The zero-order chi connectivity index (χ0) is 10.0. The van der Waals surface area contributed by atoms with Gasteiger partial charge in [0.2, 0.25) is 0 Å². The number of carbonyl (C=O) groups is 2. The zero-order valence-electron chi connectivity index (χ0n) is 8.06. The van der Waals surface area contributed by atoms with Gasteiger partial charge in [-0.1, -0.05) is 13.8 Å². The first kappa shape index (κ1) is 10.2. The number of aldehydes is 1. The second-order valence-corrected chi connectivity index (χ2v) is 4.08. The van der Waals surface area contributed by atoms with E-state index in [-0.39, 0.29) is 23.7 Å². The van der Waals surface area contributed by atoms with Crippen LogP contribution in [0.3, 0.4) is 0 Å². The minimum atomic E-state index is -0.747. The van der Waals surface area contributed by atoms with Gasteiger partial charge in [-0.2, -0.15) is 0 Å². The molecule has 0 aromatic heterocycles. The van der Waals surface area contributed by atoms with Gasteiger partial charge < -0.3 is 9.90 Å². The Morgan fingerprint density at radius 1 is 1.54 bits per heavy atom. The van der Waals surface area contributed by atoms with Gasteiger partial charge in [0.1, 0.15) is 6.29 Å². The SMILES string of the molecule is CC(C=O)C1CCC(C)C1C(=O)O. The van der Waals surface area contributed by atoms with Gasteiger partial charge in [0.25, 0.3) is 0 Å². The number of aliphatic carboxylic acids is 1. The monoisotopic (exact) mass is 184 g/mol. The molecule has 4 atom stereocenters. The number of hydrogen-bond acceptors (Lipinski definition) is 2. The summed E-state index contributed by atoms with van der Waals surface area (Å²) < 4.78 is 0. The molecule has 0 bridgehead atoms. The van der Waals surface area contributed by atoms with E-state index in [2.05, 4.69) is 0 Å². The summed E-state index contributed by atoms with van der Waals surface area (Å²) in [6.07, 6.45) is 2.68. The van der Waals surface area contributed by atoms with Crippen molar-refractivity contribution in [3.8, 4) is 0 Å². The van der Waals surface area contributed by atoms with Crippen LogP contribution in [0.1, 0.15) is 26.7 Å². The maximum Gasteiger partial charge on any atom is 0.307 e. The minimum Gasteiger partial charge on any atom is -0.481 e. The molecule has 1 aliphatic carbocycles. The van der Waals surface area contributed by atoms with E-state index in [1.807, 2.05) is 13.8 Å². The van der Waals surface area contributed by atoms with Crippen LogP contribution < -0.4 is 0 Å². The smallest absolute Gasteiger partial charge is 0.307 e. The molecule has 1 N–H and O–H groups in total. The van der Waals surface area contributed by atoms with Crippen molar-refractivity contribution in [3.63, 3.8) is 0 Å². The molecule has 3 heteroatoms. The molecule has 0 aliphatic heterocycles. The minimum absolute atomic E-state index is 0.0463. The van der Waals surface area contributed by atoms with Crippen molar-refractivity contribution in [2.24, 2.45) is 23.7 Å². The third-order valence-electron chi connectivity index (χ3n) is 3.20. The fraction of sp³-hybridized carbons (Fsp3) is 0.800. The number of carbonyl (C=O) groups excluding carboxylic acids is 1. The van der Waals surface area contributed by atoms with E-state index in [1.165, 1.54) is 0 Å². The van der Waals surface area contributed by atoms with Crippen LogP contribution in [-0.2, 0) is 9.59 Å². The zero-order valence-corrected chi connectivity index (χ0v) is 8.06. The third-order valence-corrected chi connectivity index (χ3v) is 3.20. The summed E-state index contributed by atoms with van der Waals surface area (Å²) >= 11 is 0. The molecule has 4 unspecified atom stereocenters. The van der Waals surface area contributed by atoms with Crippen LogP contribution in [0.25, 0.3) is 0 Å². The fourth-order valence-corrected chi connectivity index (χ4v) is 2.35. The lowest BCUT2D eigenvalue weighted by atomic mass is 9.83. The number of carboxylic acid groups (broad SMARTS) is 1. The van der Waals surface area contributed by atoms with Gasteiger partial charge in [-0.05, 0) is 24.7 Å². The molecule has 1 aliphatic rings. The average Bonchev–Trinajstić information content (AvgIpc) is 2.45. The molecule has 1 saturated carbocycles. The second-order valence-electron chi connectivity index (χ2n) is 4.08. The summed E-state index contributed by atoms with van der Waals surface area (Å²) in [4.78, 5) is 21.5. The summed E-state index contributed by atoms with van der Waals surface area (Å²) in [6.45, 7) is 3.77. The van der Waals surface area contributed by atoms with Crippen LogP contribution in [0.15, 0.2) is 0 Å². The molecule has 0 aromatic carbocycles. The van der Waals surface area contributed by atoms with Crippen molar-refractivity contribution >= 4 is 12.3 Å². The molecule has 0 heterocycles. The Labute approximate surface area is 78.1 Å². The summed E-state index contributed by atoms with van der Waals surface area (Å²) in [5, 5.41) is 8.98. The van der Waals surface area contributed by atoms with Crippen molar-refractivity contribution in [1.82, 2.24) is 0 Å². The van der Waals surface area contributed by atoms with Crippen LogP contribution in [0.2, 0.25) is 0 Å². The van der Waals surface area contributed by atoms with Gasteiger partial charge in [-0.3, -0.25) is 4.79 Å². The van der Waals surface area contributed by atoms with Gasteiger partial charge in [-0.25, -0.2) is 0 Å². The second kappa shape index (κ2) is 3.90. The Morgan fingerprint density at radius 3 is 2.62 bits per heavy atom. The number of rotatable bonds is 3. The lowest BCUT2D eigenvalue weighted by Gasteiger charge is -2.20. The Balaban J connectivity index is 2.75. The van der Waals surface area contributed by atoms with Crippen molar-refractivity contribution in [2.45, 2.75) is 26.7 Å². The standard InChI is InChI=1S/C10H16O3/c1-6-3-4-8(7(2)5-11)9(6)10(12)13/h5-9H,3-4H2,1-2H3,(H,12,13). The highest BCUT2D eigenvalue weighted by Crippen LogP contribution is 2.40. The van der Waals surface area contributed by atoms with Gasteiger partial charge in [0.05, 0.1) is 5.92 Å². The Morgan fingerprint density at radius 2 is 2.15 bits per heavy atom. The highest BCUT2D eigenvalue weighted by atomic mass is 16.4. The molecule has 13 heavy (non-hydrogen) atoms. The molecule has 0 spiro atoms. The Hall–Kier alpha value is -0.860. The lowest BCUT2D eigenvalue weighted by Crippen LogP contribution is -2.27. The van der Waals surface area contributed by atoms with Crippen molar-refractivity contribution in [3.05, 3.63) is 0 Å². The van der Waals surface area contributed by atoms with Gasteiger partial charge in [-0.15, -0.1) is 0 Å². The van der Waals surface area contributed by atoms with E-state index in [4.69, 9.17) is 5.11 Å². The molecular weight excluding hydrogens is 168 g/mol. The van der Waals surface area contributed by atoms with E-state index in [0.29, 0.717) is 0 Å². The molecular formula is C10H16O3. The predicted octanol–water partition coefficient (Wildman–Crippen LogP) is 1.57. The van der Waals surface area contributed by atoms with Gasteiger partial charge >= 0.3 is 5.97 Å². The normalized spacial score (nSPS) is 35.7. The molecule has 1 rings (SSSR count). The highest BCUT2D eigenvalue weighted by molar-refractivity contribution is 5.72. The first-order valence-electron chi connectivity index (χ1n) is 4.76. The van der Waals surface area contributed by atoms with E-state index < -0.39 is 5.97 Å². The van der Waals surface area contributed by atoms with E-state index in [0.717, 1.165) is 19.1 Å². The summed E-state index contributed by atoms with van der Waals surface area (Å²) in [5.74, 6) is -0.926. The quantitative estimate of drug-likeness (QED) is 0.677. The van der Waals surface area contributed by atoms with E-state index in [1.54, 1.807) is 0 Å². The van der Waals surface area contributed by atoms with Crippen molar-refractivity contribution in [2.75, 3.05) is 0 Å². The first-order chi connectivity index (χ1) is 6.07. The molecule has 0 saturated heterocycles. The first-order valence-corrected chi connectivity index (χ1v) is 4.76. The topological polar surface area (TPSA) is 54.4 Å². The summed E-state index contributed by atoms with van der Waals surface area (Å²) in [6, 6.07) is 0. The molecule has 1 fully saturated rings. The van der Waals surface area contributed by atoms with Crippen LogP contribution in [0, 0.1) is 23.7 Å². The Kier molecular flexibility index (Phi) is 3.07. The van der Waals surface area contributed by atoms with Crippen molar-refractivity contribution in [1.29, 1.82) is 0 Å². The number of carboxylic acids is 1. The predicted molar refractivity (Wildman–Crippen MR) is 48.2 cm³/mol. The summed E-state index contributed by atoms with van der Waals surface area (Å²) in [7, 11) is 0. The lowest BCUT2D eigenvalue weighted by molar-refractivity contribution is -0.145. The Bertz CT molecular complexity index is 212. The molecule has 3 nitrogen and oxygen atoms in total. The van der Waals surface area contributed by atoms with Gasteiger partial charge in [0.15, 0.2) is 0 Å².